The molecule has 0 aromatic heterocycles. The first kappa shape index (κ1) is 8.47. The van der Waals surface area contributed by atoms with Gasteiger partial charge in [0.2, 0.25) is 0 Å². The zero-order chi connectivity index (χ0) is 8.43. The molecule has 0 atom stereocenters. The highest BCUT2D eigenvalue weighted by molar-refractivity contribution is 6.17. The van der Waals surface area contributed by atoms with Crippen LogP contribution in [-0.4, -0.2) is 0 Å². The van der Waals surface area contributed by atoms with Crippen molar-refractivity contribution >= 4 is 11.6 Å². The number of benzene rings is 1. The summed E-state index contributed by atoms with van der Waals surface area (Å²) in [5, 5.41) is 0. The Morgan fingerprint density at radius 2 is 2.00 bits per heavy atom. The number of alkyl halides is 1. The Kier molecular flexibility index (Phi) is 2.45. The van der Waals surface area contributed by atoms with E-state index in [1.165, 1.54) is 13.0 Å². The Morgan fingerprint density at radius 3 is 2.55 bits per heavy atom. The maximum atomic E-state index is 12.7. The van der Waals surface area contributed by atoms with E-state index in [1.807, 2.05) is 0 Å². The summed E-state index contributed by atoms with van der Waals surface area (Å²) >= 11 is 5.47. The van der Waals surface area contributed by atoms with E-state index in [9.17, 15) is 8.78 Å². The summed E-state index contributed by atoms with van der Waals surface area (Å²) in [7, 11) is 0. The van der Waals surface area contributed by atoms with E-state index >= 15 is 0 Å². The number of hydrogen-bond donors (Lipinski definition) is 0. The zero-order valence-electron chi connectivity index (χ0n) is 6.00. The Balaban J connectivity index is 3.25. The van der Waals surface area contributed by atoms with E-state index in [0.29, 0.717) is 11.1 Å². The van der Waals surface area contributed by atoms with Gasteiger partial charge in [0.25, 0.3) is 0 Å². The number of rotatable bonds is 1. The lowest BCUT2D eigenvalue weighted by molar-refractivity contribution is 0.502. The van der Waals surface area contributed by atoms with Gasteiger partial charge in [-0.15, -0.1) is 11.6 Å². The number of halogens is 3. The molecule has 0 spiro atoms. The fourth-order valence-corrected chi connectivity index (χ4v) is 1.13. The second-order valence-corrected chi connectivity index (χ2v) is 2.55. The molecule has 0 bridgehead atoms. The van der Waals surface area contributed by atoms with Crippen LogP contribution in [0.25, 0.3) is 0 Å². The van der Waals surface area contributed by atoms with E-state index in [1.54, 1.807) is 0 Å². The second kappa shape index (κ2) is 3.18. The molecule has 0 fully saturated rings. The van der Waals surface area contributed by atoms with Crippen LogP contribution in [0.4, 0.5) is 8.78 Å². The first-order chi connectivity index (χ1) is 5.16. The van der Waals surface area contributed by atoms with Crippen molar-refractivity contribution in [2.75, 3.05) is 0 Å². The van der Waals surface area contributed by atoms with Crippen molar-refractivity contribution in [1.29, 1.82) is 0 Å². The molecule has 0 aliphatic carbocycles. The average Bonchev–Trinajstić information content (AvgIpc) is 2.01. The van der Waals surface area contributed by atoms with E-state index in [2.05, 4.69) is 0 Å². The van der Waals surface area contributed by atoms with Crippen LogP contribution in [0.2, 0.25) is 0 Å². The molecule has 0 amide bonds. The molecule has 0 heterocycles. The first-order valence-corrected chi connectivity index (χ1v) is 3.69. The van der Waals surface area contributed by atoms with Gasteiger partial charge in [-0.3, -0.25) is 0 Å². The SMILES string of the molecule is Cc1c(CCl)ccc(F)c1F. The lowest BCUT2D eigenvalue weighted by Crippen LogP contribution is -1.93. The molecule has 0 aliphatic rings. The fraction of sp³-hybridized carbons (Fsp3) is 0.250. The van der Waals surface area contributed by atoms with E-state index in [0.717, 1.165) is 6.07 Å². The van der Waals surface area contributed by atoms with E-state index in [-0.39, 0.29) is 5.88 Å². The molecule has 0 N–H and O–H groups in total. The van der Waals surface area contributed by atoms with Crippen molar-refractivity contribution in [2.45, 2.75) is 12.8 Å². The smallest absolute Gasteiger partial charge is 0.162 e. The molecule has 0 nitrogen and oxygen atoms in total. The quantitative estimate of drug-likeness (QED) is 0.577. The Hall–Kier alpha value is -0.630. The molecule has 60 valence electrons. The number of hydrogen-bond acceptors (Lipinski definition) is 0. The van der Waals surface area contributed by atoms with E-state index < -0.39 is 11.6 Å². The maximum absolute atomic E-state index is 12.7. The van der Waals surface area contributed by atoms with Crippen molar-refractivity contribution in [3.63, 3.8) is 0 Å². The largest absolute Gasteiger partial charge is 0.204 e. The average molecular weight is 177 g/mol. The molecular formula is C8H7ClF2. The molecular weight excluding hydrogens is 170 g/mol. The molecule has 0 unspecified atom stereocenters. The summed E-state index contributed by atoms with van der Waals surface area (Å²) in [6.07, 6.45) is 0. The molecule has 0 saturated carbocycles. The summed E-state index contributed by atoms with van der Waals surface area (Å²) in [6.45, 7) is 1.51. The molecule has 1 aromatic rings. The summed E-state index contributed by atoms with van der Waals surface area (Å²) in [6, 6.07) is 2.57. The molecule has 0 aliphatic heterocycles. The third-order valence-corrected chi connectivity index (χ3v) is 1.88. The fourth-order valence-electron chi connectivity index (χ4n) is 0.837. The van der Waals surface area contributed by atoms with E-state index in [4.69, 9.17) is 11.6 Å². The second-order valence-electron chi connectivity index (χ2n) is 2.28. The van der Waals surface area contributed by atoms with Gasteiger partial charge in [0.05, 0.1) is 0 Å². The normalized spacial score (nSPS) is 10.2. The standard InChI is InChI=1S/C8H7ClF2/c1-5-6(4-9)2-3-7(10)8(5)11/h2-3H,4H2,1H3. The lowest BCUT2D eigenvalue weighted by atomic mass is 10.1. The Bertz CT molecular complexity index is 271. The minimum absolute atomic E-state index is 0.211. The summed E-state index contributed by atoms with van der Waals surface area (Å²) < 4.78 is 25.2. The van der Waals surface area contributed by atoms with Crippen LogP contribution in [0.5, 0.6) is 0 Å². The predicted molar refractivity (Wildman–Crippen MR) is 40.7 cm³/mol. The van der Waals surface area contributed by atoms with Gasteiger partial charge >= 0.3 is 0 Å². The minimum Gasteiger partial charge on any atom is -0.204 e. The van der Waals surface area contributed by atoms with Gasteiger partial charge in [-0.2, -0.15) is 0 Å². The van der Waals surface area contributed by atoms with Gasteiger partial charge < -0.3 is 0 Å². The molecule has 1 aromatic carbocycles. The molecule has 0 saturated heterocycles. The van der Waals surface area contributed by atoms with Crippen LogP contribution in [0.15, 0.2) is 12.1 Å². The van der Waals surface area contributed by atoms with Crippen molar-refractivity contribution < 1.29 is 8.78 Å². The van der Waals surface area contributed by atoms with Crippen LogP contribution in [0.3, 0.4) is 0 Å². The molecule has 3 heteroatoms. The van der Waals surface area contributed by atoms with Crippen molar-refractivity contribution in [2.24, 2.45) is 0 Å². The Labute approximate surface area is 68.8 Å². The highest BCUT2D eigenvalue weighted by Gasteiger charge is 2.07. The minimum atomic E-state index is -0.823. The van der Waals surface area contributed by atoms with Crippen LogP contribution in [0.1, 0.15) is 11.1 Å². The highest BCUT2D eigenvalue weighted by Crippen LogP contribution is 2.16. The van der Waals surface area contributed by atoms with Crippen LogP contribution in [-0.2, 0) is 5.88 Å². The van der Waals surface area contributed by atoms with Crippen LogP contribution >= 0.6 is 11.6 Å². The van der Waals surface area contributed by atoms with Gasteiger partial charge in [0.15, 0.2) is 11.6 Å². The molecule has 1 rings (SSSR count). The van der Waals surface area contributed by atoms with Gasteiger partial charge in [0.1, 0.15) is 0 Å². The first-order valence-electron chi connectivity index (χ1n) is 3.16. The van der Waals surface area contributed by atoms with Crippen molar-refractivity contribution in [3.05, 3.63) is 34.9 Å². The summed E-state index contributed by atoms with van der Waals surface area (Å²) in [4.78, 5) is 0. The molecule has 11 heavy (non-hydrogen) atoms. The van der Waals surface area contributed by atoms with Gasteiger partial charge in [0, 0.05) is 5.88 Å². The Morgan fingerprint density at radius 1 is 1.36 bits per heavy atom. The highest BCUT2D eigenvalue weighted by atomic mass is 35.5. The topological polar surface area (TPSA) is 0 Å². The van der Waals surface area contributed by atoms with Crippen molar-refractivity contribution in [1.82, 2.24) is 0 Å². The summed E-state index contributed by atoms with van der Waals surface area (Å²) in [5.41, 5.74) is 0.922. The van der Waals surface area contributed by atoms with Crippen LogP contribution in [0, 0.1) is 18.6 Å². The van der Waals surface area contributed by atoms with Gasteiger partial charge in [-0.05, 0) is 24.1 Å². The van der Waals surface area contributed by atoms with Gasteiger partial charge in [-0.1, -0.05) is 6.07 Å². The maximum Gasteiger partial charge on any atom is 0.162 e. The third-order valence-electron chi connectivity index (χ3n) is 1.60. The lowest BCUT2D eigenvalue weighted by Gasteiger charge is -2.02. The van der Waals surface area contributed by atoms with Crippen LogP contribution < -0.4 is 0 Å². The monoisotopic (exact) mass is 176 g/mol. The third kappa shape index (κ3) is 1.51. The predicted octanol–water partition coefficient (Wildman–Crippen LogP) is 3.01. The zero-order valence-corrected chi connectivity index (χ0v) is 6.75. The molecule has 0 radical (unpaired) electrons. The summed E-state index contributed by atoms with van der Waals surface area (Å²) in [5.74, 6) is -1.41. The van der Waals surface area contributed by atoms with Gasteiger partial charge in [-0.25, -0.2) is 8.78 Å². The van der Waals surface area contributed by atoms with Crippen molar-refractivity contribution in [3.8, 4) is 0 Å².